The Hall–Kier alpha value is -1.43. The fourth-order valence-electron chi connectivity index (χ4n) is 2.97. The molecular weight excluding hydrogens is 322 g/mol. The van der Waals surface area contributed by atoms with Crippen molar-refractivity contribution in [3.8, 4) is 0 Å². The van der Waals surface area contributed by atoms with Gasteiger partial charge in [0.25, 0.3) is 0 Å². The minimum atomic E-state index is 0.425. The predicted octanol–water partition coefficient (Wildman–Crippen LogP) is 3.55. The average molecular weight is 346 g/mol. The van der Waals surface area contributed by atoms with Crippen LogP contribution in [0.1, 0.15) is 29.3 Å². The van der Waals surface area contributed by atoms with Gasteiger partial charge in [0.15, 0.2) is 5.11 Å². The number of nitrogens with one attached hydrogen (secondary N) is 2. The Kier molecular flexibility index (Phi) is 6.02. The standard InChI is InChI=1S/C18H23N3S2/c22-18(19-13-15-7-2-1-3-8-15)20-14-16(17-9-6-12-23-17)21-10-4-5-11-21/h1-3,6-9,12,16H,4-5,10-11,13-14H2,(H2,19,20,22)/t16-/m1/s1. The summed E-state index contributed by atoms with van der Waals surface area (Å²) < 4.78 is 0. The zero-order valence-corrected chi connectivity index (χ0v) is 14.8. The summed E-state index contributed by atoms with van der Waals surface area (Å²) in [4.78, 5) is 3.99. The van der Waals surface area contributed by atoms with Crippen LogP contribution in [0.4, 0.5) is 0 Å². The highest BCUT2D eigenvalue weighted by Gasteiger charge is 2.24. The molecule has 0 bridgehead atoms. The van der Waals surface area contributed by atoms with Gasteiger partial charge >= 0.3 is 0 Å². The van der Waals surface area contributed by atoms with Crippen molar-refractivity contribution in [3.05, 3.63) is 58.3 Å². The normalized spacial score (nSPS) is 16.2. The van der Waals surface area contributed by atoms with Crippen molar-refractivity contribution in [1.82, 2.24) is 15.5 Å². The summed E-state index contributed by atoms with van der Waals surface area (Å²) in [6.45, 7) is 4.00. The van der Waals surface area contributed by atoms with E-state index in [1.54, 1.807) is 0 Å². The van der Waals surface area contributed by atoms with Crippen molar-refractivity contribution in [1.29, 1.82) is 0 Å². The van der Waals surface area contributed by atoms with Gasteiger partial charge in [0.2, 0.25) is 0 Å². The smallest absolute Gasteiger partial charge is 0.166 e. The number of likely N-dealkylation sites (tertiary alicyclic amines) is 1. The van der Waals surface area contributed by atoms with Crippen molar-refractivity contribution >= 4 is 28.7 Å². The van der Waals surface area contributed by atoms with E-state index >= 15 is 0 Å². The van der Waals surface area contributed by atoms with Crippen molar-refractivity contribution in [2.75, 3.05) is 19.6 Å². The SMILES string of the molecule is S=C(NCc1ccccc1)NC[C@H](c1cccs1)N1CCCC1. The topological polar surface area (TPSA) is 27.3 Å². The molecule has 1 saturated heterocycles. The van der Waals surface area contributed by atoms with Gasteiger partial charge in [-0.05, 0) is 55.2 Å². The third kappa shape index (κ3) is 4.77. The fraction of sp³-hybridized carbons (Fsp3) is 0.389. The third-order valence-electron chi connectivity index (χ3n) is 4.20. The molecule has 0 saturated carbocycles. The van der Waals surface area contributed by atoms with Crippen LogP contribution in [0.5, 0.6) is 0 Å². The molecule has 3 nitrogen and oxygen atoms in total. The molecule has 1 aliphatic heterocycles. The zero-order valence-electron chi connectivity index (χ0n) is 13.2. The van der Waals surface area contributed by atoms with Crippen molar-refractivity contribution < 1.29 is 0 Å². The van der Waals surface area contributed by atoms with Crippen LogP contribution in [0, 0.1) is 0 Å². The highest BCUT2D eigenvalue weighted by atomic mass is 32.1. The Labute approximate surface area is 147 Å². The van der Waals surface area contributed by atoms with Gasteiger partial charge in [-0.3, -0.25) is 4.90 Å². The molecule has 2 aromatic rings. The van der Waals surface area contributed by atoms with Gasteiger partial charge in [0.05, 0.1) is 6.04 Å². The summed E-state index contributed by atoms with van der Waals surface area (Å²) in [7, 11) is 0. The van der Waals surface area contributed by atoms with Crippen LogP contribution in [0.25, 0.3) is 0 Å². The van der Waals surface area contributed by atoms with Gasteiger partial charge in [0.1, 0.15) is 0 Å². The summed E-state index contributed by atoms with van der Waals surface area (Å²) in [5.74, 6) is 0. The lowest BCUT2D eigenvalue weighted by Gasteiger charge is -2.27. The van der Waals surface area contributed by atoms with Crippen LogP contribution in [-0.2, 0) is 6.54 Å². The minimum absolute atomic E-state index is 0.425. The first kappa shape index (κ1) is 16.4. The van der Waals surface area contributed by atoms with Crippen molar-refractivity contribution in [3.63, 3.8) is 0 Å². The molecule has 1 aliphatic rings. The van der Waals surface area contributed by atoms with Gasteiger partial charge < -0.3 is 10.6 Å². The molecule has 0 amide bonds. The van der Waals surface area contributed by atoms with Crippen LogP contribution in [0.2, 0.25) is 0 Å². The molecule has 1 atom stereocenters. The third-order valence-corrected chi connectivity index (χ3v) is 5.47. The summed E-state index contributed by atoms with van der Waals surface area (Å²) in [5, 5.41) is 9.59. The van der Waals surface area contributed by atoms with E-state index in [1.165, 1.54) is 36.4 Å². The molecule has 122 valence electrons. The maximum atomic E-state index is 5.44. The number of hydrogen-bond acceptors (Lipinski definition) is 3. The number of thiophene rings is 1. The van der Waals surface area contributed by atoms with Gasteiger partial charge in [-0.15, -0.1) is 11.3 Å². The van der Waals surface area contributed by atoms with Gasteiger partial charge in [-0.2, -0.15) is 0 Å². The maximum Gasteiger partial charge on any atom is 0.166 e. The van der Waals surface area contributed by atoms with Crippen molar-refractivity contribution in [2.45, 2.75) is 25.4 Å². The van der Waals surface area contributed by atoms with Crippen LogP contribution in [-0.4, -0.2) is 29.6 Å². The van der Waals surface area contributed by atoms with E-state index in [1.807, 2.05) is 29.5 Å². The van der Waals surface area contributed by atoms with E-state index in [0.29, 0.717) is 6.04 Å². The Morgan fingerprint density at radius 2 is 1.87 bits per heavy atom. The number of hydrogen-bond donors (Lipinski definition) is 2. The molecule has 3 rings (SSSR count). The Morgan fingerprint density at radius 3 is 2.57 bits per heavy atom. The van der Waals surface area contributed by atoms with Crippen LogP contribution in [0.15, 0.2) is 47.8 Å². The Morgan fingerprint density at radius 1 is 1.09 bits per heavy atom. The molecular formula is C18H23N3S2. The number of benzene rings is 1. The fourth-order valence-corrected chi connectivity index (χ4v) is 3.99. The van der Waals surface area contributed by atoms with E-state index in [2.05, 4.69) is 45.2 Å². The van der Waals surface area contributed by atoms with Crippen LogP contribution < -0.4 is 10.6 Å². The van der Waals surface area contributed by atoms with E-state index in [4.69, 9.17) is 12.2 Å². The molecule has 2 heterocycles. The predicted molar refractivity (Wildman–Crippen MR) is 102 cm³/mol. The zero-order chi connectivity index (χ0) is 15.9. The lowest BCUT2D eigenvalue weighted by molar-refractivity contribution is 0.249. The van der Waals surface area contributed by atoms with E-state index in [0.717, 1.165) is 18.2 Å². The van der Waals surface area contributed by atoms with Gasteiger partial charge in [0, 0.05) is 18.0 Å². The second-order valence-electron chi connectivity index (χ2n) is 5.82. The molecule has 0 radical (unpaired) electrons. The molecule has 0 aliphatic carbocycles. The Balaban J connectivity index is 1.51. The Bertz CT molecular complexity index is 592. The van der Waals surface area contributed by atoms with Crippen LogP contribution >= 0.6 is 23.6 Å². The second-order valence-corrected chi connectivity index (χ2v) is 7.21. The highest BCUT2D eigenvalue weighted by molar-refractivity contribution is 7.80. The second kappa shape index (κ2) is 8.43. The minimum Gasteiger partial charge on any atom is -0.361 e. The van der Waals surface area contributed by atoms with E-state index < -0.39 is 0 Å². The molecule has 0 spiro atoms. The summed E-state index contributed by atoms with van der Waals surface area (Å²) >= 11 is 7.27. The number of nitrogens with zero attached hydrogens (tertiary/aromatic N) is 1. The van der Waals surface area contributed by atoms with Crippen LogP contribution in [0.3, 0.4) is 0 Å². The molecule has 0 unspecified atom stereocenters. The number of rotatable bonds is 6. The first-order chi connectivity index (χ1) is 11.3. The van der Waals surface area contributed by atoms with E-state index in [9.17, 15) is 0 Å². The summed E-state index contributed by atoms with van der Waals surface area (Å²) in [6, 6.07) is 15.1. The molecule has 5 heteroatoms. The lowest BCUT2D eigenvalue weighted by atomic mass is 10.2. The monoisotopic (exact) mass is 345 g/mol. The molecule has 2 N–H and O–H groups in total. The first-order valence-corrected chi connectivity index (χ1v) is 9.45. The molecule has 1 aromatic carbocycles. The quantitative estimate of drug-likeness (QED) is 0.783. The molecule has 23 heavy (non-hydrogen) atoms. The first-order valence-electron chi connectivity index (χ1n) is 8.16. The van der Waals surface area contributed by atoms with Gasteiger partial charge in [-0.25, -0.2) is 0 Å². The van der Waals surface area contributed by atoms with Crippen molar-refractivity contribution in [2.24, 2.45) is 0 Å². The number of thiocarbonyl (C=S) groups is 1. The van der Waals surface area contributed by atoms with E-state index in [-0.39, 0.29) is 0 Å². The lowest BCUT2D eigenvalue weighted by Crippen LogP contribution is -2.41. The molecule has 1 fully saturated rings. The summed E-state index contributed by atoms with van der Waals surface area (Å²) in [5.41, 5.74) is 1.24. The average Bonchev–Trinajstić information content (AvgIpc) is 3.28. The molecule has 1 aromatic heterocycles. The largest absolute Gasteiger partial charge is 0.361 e. The van der Waals surface area contributed by atoms with Gasteiger partial charge in [-0.1, -0.05) is 36.4 Å². The highest BCUT2D eigenvalue weighted by Crippen LogP contribution is 2.27. The maximum absolute atomic E-state index is 5.44. The summed E-state index contributed by atoms with van der Waals surface area (Å²) in [6.07, 6.45) is 2.61.